The number of nitrogens with one attached hydrogen (secondary N) is 2. The summed E-state index contributed by atoms with van der Waals surface area (Å²) in [5, 5.41) is 13.9. The normalized spacial score (nSPS) is 12.7. The molecule has 1 rings (SSSR count). The van der Waals surface area contributed by atoms with Gasteiger partial charge in [-0.2, -0.15) is 4.31 Å². The van der Waals surface area contributed by atoms with Crippen LogP contribution in [0.1, 0.15) is 6.92 Å². The number of aliphatic hydroxyl groups excluding tert-OH is 1. The fourth-order valence-electron chi connectivity index (χ4n) is 1.61. The van der Waals surface area contributed by atoms with Crippen molar-refractivity contribution < 1.29 is 18.3 Å². The molecule has 1 unspecified atom stereocenters. The molecule has 7 nitrogen and oxygen atoms in total. The van der Waals surface area contributed by atoms with Crippen LogP contribution in [0, 0.1) is 0 Å². The van der Waals surface area contributed by atoms with Crippen molar-refractivity contribution >= 4 is 21.7 Å². The first-order valence-electron chi connectivity index (χ1n) is 6.67. The van der Waals surface area contributed by atoms with Gasteiger partial charge in [0.05, 0.1) is 17.5 Å². The van der Waals surface area contributed by atoms with Crippen LogP contribution in [0.2, 0.25) is 0 Å². The van der Waals surface area contributed by atoms with Crippen molar-refractivity contribution in [1.29, 1.82) is 0 Å². The Labute approximate surface area is 130 Å². The number of urea groups is 1. The SMILES string of the molecule is C=CCN(C)S(=O)(=O)c1ccc(NC(=O)NC(C)CO)cc1. The number of sulfonamides is 1. The first-order chi connectivity index (χ1) is 10.3. The highest BCUT2D eigenvalue weighted by atomic mass is 32.2. The second-order valence-corrected chi connectivity index (χ2v) is 6.83. The van der Waals surface area contributed by atoms with Gasteiger partial charge in [0.2, 0.25) is 10.0 Å². The van der Waals surface area contributed by atoms with Crippen LogP contribution in [-0.4, -0.2) is 50.1 Å². The third-order valence-corrected chi connectivity index (χ3v) is 4.70. The minimum Gasteiger partial charge on any atom is -0.394 e. The van der Waals surface area contributed by atoms with Gasteiger partial charge < -0.3 is 15.7 Å². The Hall–Kier alpha value is -1.90. The van der Waals surface area contributed by atoms with E-state index in [1.54, 1.807) is 6.92 Å². The number of anilines is 1. The minimum atomic E-state index is -3.57. The summed E-state index contributed by atoms with van der Waals surface area (Å²) in [6.07, 6.45) is 1.50. The summed E-state index contributed by atoms with van der Waals surface area (Å²) in [6, 6.07) is 4.99. The number of carbonyl (C=O) groups is 1. The van der Waals surface area contributed by atoms with Gasteiger partial charge in [-0.05, 0) is 31.2 Å². The van der Waals surface area contributed by atoms with Crippen molar-refractivity contribution in [1.82, 2.24) is 9.62 Å². The molecule has 0 heterocycles. The van der Waals surface area contributed by atoms with Crippen LogP contribution in [0.5, 0.6) is 0 Å². The maximum absolute atomic E-state index is 12.2. The predicted molar refractivity (Wildman–Crippen MR) is 85.2 cm³/mol. The van der Waals surface area contributed by atoms with Gasteiger partial charge in [0, 0.05) is 19.3 Å². The Morgan fingerprint density at radius 1 is 1.41 bits per heavy atom. The summed E-state index contributed by atoms with van der Waals surface area (Å²) in [4.78, 5) is 11.7. The van der Waals surface area contributed by atoms with E-state index in [0.29, 0.717) is 5.69 Å². The van der Waals surface area contributed by atoms with Gasteiger partial charge in [-0.15, -0.1) is 6.58 Å². The first kappa shape index (κ1) is 18.1. The Bertz CT molecular complexity index is 613. The molecule has 8 heteroatoms. The van der Waals surface area contributed by atoms with Crippen LogP contribution in [0.4, 0.5) is 10.5 Å². The van der Waals surface area contributed by atoms with Gasteiger partial charge >= 0.3 is 6.03 Å². The molecule has 0 saturated carbocycles. The molecule has 0 aliphatic heterocycles. The molecule has 0 bridgehead atoms. The highest BCUT2D eigenvalue weighted by molar-refractivity contribution is 7.89. The molecular formula is C14H21N3O4S. The molecule has 0 aliphatic carbocycles. The molecular weight excluding hydrogens is 306 g/mol. The second kappa shape index (κ2) is 7.92. The zero-order valence-corrected chi connectivity index (χ0v) is 13.4. The molecule has 0 fully saturated rings. The number of hydrogen-bond acceptors (Lipinski definition) is 4. The Balaban J connectivity index is 2.79. The molecule has 1 aromatic carbocycles. The summed E-state index contributed by atoms with van der Waals surface area (Å²) in [6.45, 7) is 5.21. The van der Waals surface area contributed by atoms with E-state index < -0.39 is 16.1 Å². The zero-order chi connectivity index (χ0) is 16.8. The Morgan fingerprint density at radius 2 is 2.00 bits per heavy atom. The van der Waals surface area contributed by atoms with Crippen molar-refractivity contribution in [2.24, 2.45) is 0 Å². The van der Waals surface area contributed by atoms with Crippen LogP contribution >= 0.6 is 0 Å². The molecule has 0 aromatic heterocycles. The number of hydrogen-bond donors (Lipinski definition) is 3. The highest BCUT2D eigenvalue weighted by Crippen LogP contribution is 2.17. The lowest BCUT2D eigenvalue weighted by atomic mass is 10.3. The van der Waals surface area contributed by atoms with Gasteiger partial charge in [-0.1, -0.05) is 6.08 Å². The second-order valence-electron chi connectivity index (χ2n) is 4.78. The monoisotopic (exact) mass is 327 g/mol. The van der Waals surface area contributed by atoms with E-state index in [0.717, 1.165) is 0 Å². The minimum absolute atomic E-state index is 0.131. The highest BCUT2D eigenvalue weighted by Gasteiger charge is 2.19. The van der Waals surface area contributed by atoms with Crippen molar-refractivity contribution in [3.63, 3.8) is 0 Å². The van der Waals surface area contributed by atoms with Crippen LogP contribution in [0.25, 0.3) is 0 Å². The van der Waals surface area contributed by atoms with Crippen molar-refractivity contribution in [2.45, 2.75) is 17.9 Å². The van der Waals surface area contributed by atoms with Gasteiger partial charge in [0.1, 0.15) is 0 Å². The van der Waals surface area contributed by atoms with Crippen molar-refractivity contribution in [3.8, 4) is 0 Å². The molecule has 0 aliphatic rings. The molecule has 22 heavy (non-hydrogen) atoms. The molecule has 3 N–H and O–H groups in total. The van der Waals surface area contributed by atoms with Crippen LogP contribution in [0.3, 0.4) is 0 Å². The number of likely N-dealkylation sites (N-methyl/N-ethyl adjacent to an activating group) is 1. The average molecular weight is 327 g/mol. The molecule has 2 amide bonds. The Morgan fingerprint density at radius 3 is 2.50 bits per heavy atom. The van der Waals surface area contributed by atoms with Gasteiger partial charge in [-0.3, -0.25) is 0 Å². The number of amides is 2. The van der Waals surface area contributed by atoms with E-state index in [1.807, 2.05) is 0 Å². The fourth-order valence-corrected chi connectivity index (χ4v) is 2.75. The quantitative estimate of drug-likeness (QED) is 0.651. The molecule has 0 radical (unpaired) electrons. The van der Waals surface area contributed by atoms with Crippen LogP contribution in [-0.2, 0) is 10.0 Å². The fraction of sp³-hybridized carbons (Fsp3) is 0.357. The third-order valence-electron chi connectivity index (χ3n) is 2.86. The number of rotatable bonds is 7. The van der Waals surface area contributed by atoms with Crippen LogP contribution < -0.4 is 10.6 Å². The lowest BCUT2D eigenvalue weighted by Gasteiger charge is -2.16. The molecule has 1 atom stereocenters. The lowest BCUT2D eigenvalue weighted by Crippen LogP contribution is -2.38. The van der Waals surface area contributed by atoms with E-state index in [1.165, 1.54) is 41.7 Å². The predicted octanol–water partition coefficient (Wildman–Crippen LogP) is 0.995. The third kappa shape index (κ3) is 4.83. The maximum Gasteiger partial charge on any atom is 0.319 e. The smallest absolute Gasteiger partial charge is 0.319 e. The summed E-state index contributed by atoms with van der Waals surface area (Å²) in [7, 11) is -2.10. The summed E-state index contributed by atoms with van der Waals surface area (Å²) >= 11 is 0. The van der Waals surface area contributed by atoms with Gasteiger partial charge in [0.25, 0.3) is 0 Å². The maximum atomic E-state index is 12.2. The van der Waals surface area contributed by atoms with Crippen LogP contribution in [0.15, 0.2) is 41.8 Å². The number of aliphatic hydroxyl groups is 1. The molecule has 0 saturated heterocycles. The largest absolute Gasteiger partial charge is 0.394 e. The topological polar surface area (TPSA) is 98.7 Å². The summed E-state index contributed by atoms with van der Waals surface area (Å²) < 4.78 is 25.6. The average Bonchev–Trinajstić information content (AvgIpc) is 2.47. The van der Waals surface area contributed by atoms with E-state index in [2.05, 4.69) is 17.2 Å². The van der Waals surface area contributed by atoms with Crippen molar-refractivity contribution in [2.75, 3.05) is 25.5 Å². The number of nitrogens with zero attached hydrogens (tertiary/aromatic N) is 1. The molecule has 1 aromatic rings. The molecule has 122 valence electrons. The first-order valence-corrected chi connectivity index (χ1v) is 8.11. The standard InChI is InChI=1S/C14H21N3O4S/c1-4-9-17(3)22(20,21)13-7-5-12(6-8-13)16-14(19)15-11(2)10-18/h4-8,11,18H,1,9-10H2,2-3H3,(H2,15,16,19). The zero-order valence-electron chi connectivity index (χ0n) is 12.6. The number of benzene rings is 1. The van der Waals surface area contributed by atoms with Crippen molar-refractivity contribution in [3.05, 3.63) is 36.9 Å². The molecule has 0 spiro atoms. The van der Waals surface area contributed by atoms with Gasteiger partial charge in [0.15, 0.2) is 0 Å². The number of carbonyl (C=O) groups excluding carboxylic acids is 1. The van der Waals surface area contributed by atoms with E-state index >= 15 is 0 Å². The lowest BCUT2D eigenvalue weighted by molar-refractivity contribution is 0.229. The van der Waals surface area contributed by atoms with E-state index in [-0.39, 0.29) is 24.1 Å². The summed E-state index contributed by atoms with van der Waals surface area (Å²) in [5.41, 5.74) is 0.452. The van der Waals surface area contributed by atoms with E-state index in [9.17, 15) is 13.2 Å². The Kier molecular flexibility index (Phi) is 6.54. The van der Waals surface area contributed by atoms with Gasteiger partial charge in [-0.25, -0.2) is 13.2 Å². The summed E-state index contributed by atoms with van der Waals surface area (Å²) in [5.74, 6) is 0. The van der Waals surface area contributed by atoms with E-state index in [4.69, 9.17) is 5.11 Å².